The van der Waals surface area contributed by atoms with Gasteiger partial charge in [-0.2, -0.15) is 0 Å². The highest BCUT2D eigenvalue weighted by atomic mass is 16.5. The van der Waals surface area contributed by atoms with Gasteiger partial charge in [0.1, 0.15) is 17.1 Å². The van der Waals surface area contributed by atoms with Crippen LogP contribution in [-0.4, -0.2) is 59.8 Å². The van der Waals surface area contributed by atoms with Crippen LogP contribution in [0.4, 0.5) is 5.69 Å². The lowest BCUT2D eigenvalue weighted by molar-refractivity contribution is -0.133. The van der Waals surface area contributed by atoms with E-state index >= 15 is 0 Å². The summed E-state index contributed by atoms with van der Waals surface area (Å²) in [5.41, 5.74) is 0.583. The van der Waals surface area contributed by atoms with Crippen LogP contribution in [0.1, 0.15) is 10.4 Å². The highest BCUT2D eigenvalue weighted by Gasteiger charge is 2.23. The largest absolute Gasteiger partial charge is 0.507 e. The third-order valence-corrected chi connectivity index (χ3v) is 5.29. The van der Waals surface area contributed by atoms with Crippen molar-refractivity contribution in [3.05, 3.63) is 66.2 Å². The summed E-state index contributed by atoms with van der Waals surface area (Å²) < 4.78 is 5.70. The molecule has 2 N–H and O–H groups in total. The molecule has 154 valence electrons. The molecule has 30 heavy (non-hydrogen) atoms. The zero-order valence-electron chi connectivity index (χ0n) is 16.3. The molecule has 1 amide bonds. The van der Waals surface area contributed by atoms with Crippen molar-refractivity contribution in [3.8, 4) is 11.5 Å². The number of aromatic hydroxyl groups is 1. The Hall–Kier alpha value is -3.74. The number of rotatable bonds is 5. The zero-order chi connectivity index (χ0) is 21.1. The number of carboxylic acids is 1. The number of fused-ring (bicyclic) bond motifs is 1. The summed E-state index contributed by atoms with van der Waals surface area (Å²) >= 11 is 0. The van der Waals surface area contributed by atoms with Gasteiger partial charge in [0.2, 0.25) is 0 Å². The first-order valence-electron chi connectivity index (χ1n) is 9.72. The minimum Gasteiger partial charge on any atom is -0.507 e. The summed E-state index contributed by atoms with van der Waals surface area (Å²) in [6, 6.07) is 18.2. The van der Waals surface area contributed by atoms with E-state index in [9.17, 15) is 14.7 Å². The number of carbonyl (C=O) groups is 2. The third kappa shape index (κ3) is 4.15. The Morgan fingerprint density at radius 2 is 1.63 bits per heavy atom. The molecule has 0 radical (unpaired) electrons. The van der Waals surface area contributed by atoms with Crippen LogP contribution in [0.5, 0.6) is 11.5 Å². The Bertz CT molecular complexity index is 1090. The number of hydrogen-bond donors (Lipinski definition) is 2. The van der Waals surface area contributed by atoms with E-state index in [4.69, 9.17) is 9.84 Å². The Labute approximate surface area is 173 Å². The Morgan fingerprint density at radius 1 is 0.900 bits per heavy atom. The van der Waals surface area contributed by atoms with Crippen LogP contribution >= 0.6 is 0 Å². The SMILES string of the molecule is O=C(O)c1cc(N2CCN(C(=O)COc3ccc4ccccc4c3)CC2)ccc1O. The quantitative estimate of drug-likeness (QED) is 0.677. The van der Waals surface area contributed by atoms with Crippen LogP contribution in [0.3, 0.4) is 0 Å². The first kappa shape index (κ1) is 19.6. The molecule has 3 aromatic carbocycles. The Morgan fingerprint density at radius 3 is 2.37 bits per heavy atom. The van der Waals surface area contributed by atoms with Gasteiger partial charge >= 0.3 is 5.97 Å². The molecule has 1 heterocycles. The molecule has 0 aliphatic carbocycles. The summed E-state index contributed by atoms with van der Waals surface area (Å²) in [5.74, 6) is -0.856. The number of phenols is 1. The van der Waals surface area contributed by atoms with E-state index in [2.05, 4.69) is 0 Å². The Balaban J connectivity index is 1.33. The van der Waals surface area contributed by atoms with Gasteiger partial charge in [-0.25, -0.2) is 4.79 Å². The Kier molecular flexibility index (Phi) is 5.43. The normalized spacial score (nSPS) is 14.0. The second-order valence-corrected chi connectivity index (χ2v) is 7.17. The average Bonchev–Trinajstić information content (AvgIpc) is 2.77. The number of carboxylic acid groups (broad SMARTS) is 1. The number of aromatic carboxylic acids is 1. The van der Waals surface area contributed by atoms with Crippen molar-refractivity contribution in [2.24, 2.45) is 0 Å². The van der Waals surface area contributed by atoms with Gasteiger partial charge in [0.25, 0.3) is 5.91 Å². The molecule has 7 heteroatoms. The van der Waals surface area contributed by atoms with Crippen LogP contribution in [0.15, 0.2) is 60.7 Å². The number of amides is 1. The van der Waals surface area contributed by atoms with E-state index < -0.39 is 5.97 Å². The number of ether oxygens (including phenoxy) is 1. The third-order valence-electron chi connectivity index (χ3n) is 5.29. The fourth-order valence-corrected chi connectivity index (χ4v) is 3.60. The van der Waals surface area contributed by atoms with Crippen molar-refractivity contribution in [1.29, 1.82) is 0 Å². The average molecular weight is 406 g/mol. The molecule has 0 saturated carbocycles. The van der Waals surface area contributed by atoms with Gasteiger partial charge in [-0.05, 0) is 41.1 Å². The molecule has 3 aromatic rings. The smallest absolute Gasteiger partial charge is 0.339 e. The molecular formula is C23H22N2O5. The molecule has 0 spiro atoms. The van der Waals surface area contributed by atoms with Crippen molar-refractivity contribution in [1.82, 2.24) is 4.90 Å². The van der Waals surface area contributed by atoms with Gasteiger partial charge in [0, 0.05) is 31.9 Å². The van der Waals surface area contributed by atoms with E-state index in [0.717, 1.165) is 10.8 Å². The van der Waals surface area contributed by atoms with Crippen molar-refractivity contribution < 1.29 is 24.5 Å². The van der Waals surface area contributed by atoms with Crippen molar-refractivity contribution >= 4 is 28.3 Å². The fraction of sp³-hybridized carbons (Fsp3) is 0.217. The number of hydrogen-bond acceptors (Lipinski definition) is 5. The van der Waals surface area contributed by atoms with E-state index in [1.54, 1.807) is 11.0 Å². The summed E-state index contributed by atoms with van der Waals surface area (Å²) in [6.07, 6.45) is 0. The van der Waals surface area contributed by atoms with Crippen LogP contribution in [0, 0.1) is 0 Å². The van der Waals surface area contributed by atoms with Gasteiger partial charge in [-0.1, -0.05) is 30.3 Å². The molecule has 1 fully saturated rings. The monoisotopic (exact) mass is 406 g/mol. The van der Waals surface area contributed by atoms with E-state index in [0.29, 0.717) is 37.6 Å². The molecule has 0 aromatic heterocycles. The predicted octanol–water partition coefficient (Wildman–Crippen LogP) is 2.97. The maximum absolute atomic E-state index is 12.5. The minimum absolute atomic E-state index is 0.0271. The number of nitrogens with zero attached hydrogens (tertiary/aromatic N) is 2. The topological polar surface area (TPSA) is 90.3 Å². The summed E-state index contributed by atoms with van der Waals surface area (Å²) in [4.78, 5) is 27.5. The lowest BCUT2D eigenvalue weighted by Crippen LogP contribution is -2.50. The second-order valence-electron chi connectivity index (χ2n) is 7.17. The van der Waals surface area contributed by atoms with E-state index in [1.165, 1.54) is 12.1 Å². The van der Waals surface area contributed by atoms with Gasteiger partial charge in [-0.3, -0.25) is 4.79 Å². The highest BCUT2D eigenvalue weighted by molar-refractivity contribution is 5.92. The van der Waals surface area contributed by atoms with Crippen LogP contribution in [-0.2, 0) is 4.79 Å². The number of piperazine rings is 1. The highest BCUT2D eigenvalue weighted by Crippen LogP contribution is 2.25. The molecule has 1 aliphatic heterocycles. The van der Waals surface area contributed by atoms with Gasteiger partial charge < -0.3 is 24.7 Å². The number of benzene rings is 3. The van der Waals surface area contributed by atoms with Crippen LogP contribution < -0.4 is 9.64 Å². The van der Waals surface area contributed by atoms with Crippen LogP contribution in [0.2, 0.25) is 0 Å². The lowest BCUT2D eigenvalue weighted by Gasteiger charge is -2.36. The van der Waals surface area contributed by atoms with Crippen molar-refractivity contribution in [3.63, 3.8) is 0 Å². The lowest BCUT2D eigenvalue weighted by atomic mass is 10.1. The molecule has 1 aliphatic rings. The van der Waals surface area contributed by atoms with E-state index in [1.807, 2.05) is 47.4 Å². The first-order chi connectivity index (χ1) is 14.5. The second kappa shape index (κ2) is 8.32. The predicted molar refractivity (Wildman–Crippen MR) is 113 cm³/mol. The molecule has 1 saturated heterocycles. The molecule has 4 rings (SSSR count). The standard InChI is InChI=1S/C23H22N2O5/c26-21-8-6-18(14-20(21)23(28)29)24-9-11-25(12-10-24)22(27)15-30-19-7-5-16-3-1-2-4-17(16)13-19/h1-8,13-14,26H,9-12,15H2,(H,28,29). The van der Waals surface area contributed by atoms with E-state index in [-0.39, 0.29) is 23.8 Å². The van der Waals surface area contributed by atoms with Gasteiger partial charge in [0.05, 0.1) is 0 Å². The molecule has 0 bridgehead atoms. The van der Waals surface area contributed by atoms with Crippen LogP contribution in [0.25, 0.3) is 10.8 Å². The summed E-state index contributed by atoms with van der Waals surface area (Å²) in [5, 5.41) is 21.0. The van der Waals surface area contributed by atoms with Crippen molar-refractivity contribution in [2.75, 3.05) is 37.7 Å². The van der Waals surface area contributed by atoms with Gasteiger partial charge in [0.15, 0.2) is 6.61 Å². The van der Waals surface area contributed by atoms with Gasteiger partial charge in [-0.15, -0.1) is 0 Å². The summed E-state index contributed by atoms with van der Waals surface area (Å²) in [7, 11) is 0. The molecule has 0 unspecified atom stereocenters. The first-order valence-corrected chi connectivity index (χ1v) is 9.72. The fourth-order valence-electron chi connectivity index (χ4n) is 3.60. The summed E-state index contributed by atoms with van der Waals surface area (Å²) in [6.45, 7) is 2.16. The minimum atomic E-state index is -1.17. The maximum Gasteiger partial charge on any atom is 0.339 e. The molecular weight excluding hydrogens is 384 g/mol. The molecule has 7 nitrogen and oxygen atoms in total. The maximum atomic E-state index is 12.5. The number of carbonyl (C=O) groups excluding carboxylic acids is 1. The zero-order valence-corrected chi connectivity index (χ0v) is 16.3. The molecule has 0 atom stereocenters. The van der Waals surface area contributed by atoms with Crippen molar-refractivity contribution in [2.45, 2.75) is 0 Å². The number of anilines is 1.